The first kappa shape index (κ1) is 9.66. The van der Waals surface area contributed by atoms with Crippen LogP contribution in [0.5, 0.6) is 0 Å². The number of nitrogens with two attached hydrogens (primary N) is 1. The highest BCUT2D eigenvalue weighted by Gasteiger charge is 2.26. The van der Waals surface area contributed by atoms with Crippen LogP contribution in [0.15, 0.2) is 18.3 Å². The normalized spacial score (nSPS) is 25.9. The van der Waals surface area contributed by atoms with Crippen molar-refractivity contribution in [2.24, 2.45) is 11.7 Å². The minimum Gasteiger partial charge on any atom is -0.330 e. The number of hydrogen-bond donors (Lipinski definition) is 1. The van der Waals surface area contributed by atoms with Gasteiger partial charge in [0, 0.05) is 17.8 Å². The molecule has 0 aromatic carbocycles. The maximum atomic E-state index is 5.65. The van der Waals surface area contributed by atoms with Crippen LogP contribution in [0, 0.1) is 5.92 Å². The Bertz CT molecular complexity index is 309. The molecule has 2 nitrogen and oxygen atoms in total. The highest BCUT2D eigenvalue weighted by molar-refractivity contribution is 5.26. The Morgan fingerprint density at radius 1 is 1.57 bits per heavy atom. The summed E-state index contributed by atoms with van der Waals surface area (Å²) in [4.78, 5) is 4.51. The van der Waals surface area contributed by atoms with E-state index < -0.39 is 0 Å². The number of pyridine rings is 1. The van der Waals surface area contributed by atoms with Crippen LogP contribution in [-0.2, 0) is 6.42 Å². The van der Waals surface area contributed by atoms with Crippen molar-refractivity contribution in [3.05, 3.63) is 29.6 Å². The van der Waals surface area contributed by atoms with Gasteiger partial charge in [-0.05, 0) is 43.4 Å². The molecule has 14 heavy (non-hydrogen) atoms. The van der Waals surface area contributed by atoms with Crippen molar-refractivity contribution in [2.45, 2.75) is 32.1 Å². The summed E-state index contributed by atoms with van der Waals surface area (Å²) in [6.45, 7) is 3.09. The molecule has 1 aliphatic carbocycles. The molecule has 2 unspecified atom stereocenters. The smallest absolute Gasteiger partial charge is 0.0469 e. The minimum absolute atomic E-state index is 0.588. The zero-order chi connectivity index (χ0) is 9.97. The molecule has 0 saturated carbocycles. The summed E-state index contributed by atoms with van der Waals surface area (Å²) in [5.41, 5.74) is 8.39. The van der Waals surface area contributed by atoms with E-state index in [0.29, 0.717) is 5.92 Å². The summed E-state index contributed by atoms with van der Waals surface area (Å²) in [6, 6.07) is 4.24. The highest BCUT2D eigenvalue weighted by atomic mass is 14.7. The number of aromatic nitrogens is 1. The highest BCUT2D eigenvalue weighted by Crippen LogP contribution is 2.36. The van der Waals surface area contributed by atoms with Crippen molar-refractivity contribution in [3.63, 3.8) is 0 Å². The number of hydrogen-bond acceptors (Lipinski definition) is 2. The zero-order valence-electron chi connectivity index (χ0n) is 8.74. The van der Waals surface area contributed by atoms with Gasteiger partial charge in [-0.1, -0.05) is 13.0 Å². The van der Waals surface area contributed by atoms with Gasteiger partial charge in [-0.15, -0.1) is 0 Å². The minimum atomic E-state index is 0.588. The second-order valence-electron chi connectivity index (χ2n) is 4.25. The topological polar surface area (TPSA) is 38.9 Å². The molecule has 1 aromatic heterocycles. The Balaban J connectivity index is 2.31. The quantitative estimate of drug-likeness (QED) is 0.775. The molecule has 2 heteroatoms. The lowest BCUT2D eigenvalue weighted by Crippen LogP contribution is -2.22. The molecule has 1 aromatic rings. The molecule has 0 amide bonds. The molecule has 0 saturated heterocycles. The Hall–Kier alpha value is -0.890. The van der Waals surface area contributed by atoms with Crippen LogP contribution >= 0.6 is 0 Å². The van der Waals surface area contributed by atoms with Crippen molar-refractivity contribution in [1.82, 2.24) is 4.98 Å². The lowest BCUT2D eigenvalue weighted by molar-refractivity contribution is 0.378. The lowest BCUT2D eigenvalue weighted by atomic mass is 9.77. The first-order chi connectivity index (χ1) is 6.83. The van der Waals surface area contributed by atoms with Gasteiger partial charge in [0.25, 0.3) is 0 Å². The fourth-order valence-corrected chi connectivity index (χ4v) is 2.45. The van der Waals surface area contributed by atoms with E-state index in [1.165, 1.54) is 24.1 Å². The number of rotatable bonds is 2. The van der Waals surface area contributed by atoms with Crippen molar-refractivity contribution in [2.75, 3.05) is 6.54 Å². The molecule has 0 radical (unpaired) electrons. The molecule has 1 heterocycles. The number of nitrogens with zero attached hydrogens (tertiary/aromatic N) is 1. The Kier molecular flexibility index (Phi) is 2.82. The molecule has 0 spiro atoms. The predicted molar refractivity (Wildman–Crippen MR) is 58.1 cm³/mol. The standard InChI is InChI=1S/C12H18N2/c1-9-4-5-10-3-2-8-14-12(10)11(9)6-7-13/h2-3,8-9,11H,4-7,13H2,1H3. The fourth-order valence-electron chi connectivity index (χ4n) is 2.45. The van der Waals surface area contributed by atoms with Gasteiger partial charge in [0.15, 0.2) is 0 Å². The van der Waals surface area contributed by atoms with E-state index in [0.717, 1.165) is 18.9 Å². The molecule has 76 valence electrons. The Morgan fingerprint density at radius 2 is 2.43 bits per heavy atom. The summed E-state index contributed by atoms with van der Waals surface area (Å²) in [5.74, 6) is 1.32. The predicted octanol–water partition coefficient (Wildman–Crippen LogP) is 2.10. The van der Waals surface area contributed by atoms with E-state index in [1.54, 1.807) is 0 Å². The third-order valence-electron chi connectivity index (χ3n) is 3.31. The van der Waals surface area contributed by atoms with Crippen LogP contribution in [-0.4, -0.2) is 11.5 Å². The first-order valence-corrected chi connectivity index (χ1v) is 5.46. The van der Waals surface area contributed by atoms with Gasteiger partial charge in [-0.2, -0.15) is 0 Å². The van der Waals surface area contributed by atoms with E-state index in [1.807, 2.05) is 12.3 Å². The monoisotopic (exact) mass is 190 g/mol. The molecular weight excluding hydrogens is 172 g/mol. The van der Waals surface area contributed by atoms with Crippen LogP contribution in [0.2, 0.25) is 0 Å². The molecule has 0 aliphatic heterocycles. The number of fused-ring (bicyclic) bond motifs is 1. The number of aryl methyl sites for hydroxylation is 1. The second kappa shape index (κ2) is 4.09. The molecule has 2 N–H and O–H groups in total. The van der Waals surface area contributed by atoms with Gasteiger partial charge in [-0.3, -0.25) is 4.98 Å². The lowest BCUT2D eigenvalue weighted by Gasteiger charge is -2.29. The molecule has 2 atom stereocenters. The third kappa shape index (κ3) is 1.67. The average molecular weight is 190 g/mol. The Morgan fingerprint density at radius 3 is 3.21 bits per heavy atom. The fraction of sp³-hybridized carbons (Fsp3) is 0.583. The molecule has 1 aliphatic rings. The van der Waals surface area contributed by atoms with E-state index in [-0.39, 0.29) is 0 Å². The summed E-state index contributed by atoms with van der Waals surface area (Å²) < 4.78 is 0. The van der Waals surface area contributed by atoms with Crippen LogP contribution in [0.4, 0.5) is 0 Å². The molecule has 0 fully saturated rings. The SMILES string of the molecule is CC1CCc2cccnc2C1CCN. The van der Waals surface area contributed by atoms with Crippen molar-refractivity contribution >= 4 is 0 Å². The Labute approximate surface area is 85.5 Å². The maximum absolute atomic E-state index is 5.65. The molecule has 2 rings (SSSR count). The van der Waals surface area contributed by atoms with E-state index in [4.69, 9.17) is 5.73 Å². The van der Waals surface area contributed by atoms with Gasteiger partial charge in [0.2, 0.25) is 0 Å². The summed E-state index contributed by atoms with van der Waals surface area (Å²) in [5, 5.41) is 0. The van der Waals surface area contributed by atoms with Crippen LogP contribution in [0.25, 0.3) is 0 Å². The van der Waals surface area contributed by atoms with Crippen LogP contribution < -0.4 is 5.73 Å². The maximum Gasteiger partial charge on any atom is 0.0469 e. The molecular formula is C12H18N2. The first-order valence-electron chi connectivity index (χ1n) is 5.46. The third-order valence-corrected chi connectivity index (χ3v) is 3.31. The van der Waals surface area contributed by atoms with E-state index in [9.17, 15) is 0 Å². The zero-order valence-corrected chi connectivity index (χ0v) is 8.74. The van der Waals surface area contributed by atoms with Crippen molar-refractivity contribution in [3.8, 4) is 0 Å². The average Bonchev–Trinajstić information content (AvgIpc) is 2.23. The van der Waals surface area contributed by atoms with Gasteiger partial charge in [0.05, 0.1) is 0 Å². The van der Waals surface area contributed by atoms with Crippen molar-refractivity contribution in [1.29, 1.82) is 0 Å². The largest absolute Gasteiger partial charge is 0.330 e. The van der Waals surface area contributed by atoms with Crippen molar-refractivity contribution < 1.29 is 0 Å². The van der Waals surface area contributed by atoms with Gasteiger partial charge in [-0.25, -0.2) is 0 Å². The summed E-state index contributed by atoms with van der Waals surface area (Å²) in [7, 11) is 0. The summed E-state index contributed by atoms with van der Waals surface area (Å²) in [6.07, 6.45) is 5.44. The van der Waals surface area contributed by atoms with E-state index >= 15 is 0 Å². The van der Waals surface area contributed by atoms with Gasteiger partial charge < -0.3 is 5.73 Å². The van der Waals surface area contributed by atoms with Gasteiger partial charge in [0.1, 0.15) is 0 Å². The second-order valence-corrected chi connectivity index (χ2v) is 4.25. The van der Waals surface area contributed by atoms with E-state index in [2.05, 4.69) is 18.0 Å². The van der Waals surface area contributed by atoms with Gasteiger partial charge >= 0.3 is 0 Å². The molecule has 0 bridgehead atoms. The summed E-state index contributed by atoms with van der Waals surface area (Å²) >= 11 is 0. The van der Waals surface area contributed by atoms with Crippen LogP contribution in [0.3, 0.4) is 0 Å². The van der Waals surface area contributed by atoms with Crippen LogP contribution in [0.1, 0.15) is 36.9 Å².